The van der Waals surface area contributed by atoms with Gasteiger partial charge in [-0.2, -0.15) is 0 Å². The number of benzene rings is 1. The summed E-state index contributed by atoms with van der Waals surface area (Å²) in [5.74, 6) is 0.143. The average Bonchev–Trinajstić information content (AvgIpc) is 3.04. The normalized spacial score (nSPS) is 20.2. The van der Waals surface area contributed by atoms with Crippen LogP contribution in [0.5, 0.6) is 0 Å². The van der Waals surface area contributed by atoms with Gasteiger partial charge in [-0.25, -0.2) is 4.79 Å². The van der Waals surface area contributed by atoms with Crippen LogP contribution in [0, 0.1) is 0 Å². The van der Waals surface area contributed by atoms with Gasteiger partial charge < -0.3 is 15.1 Å². The molecule has 2 N–H and O–H groups in total. The van der Waals surface area contributed by atoms with Crippen molar-refractivity contribution in [2.45, 2.75) is 57.3 Å². The van der Waals surface area contributed by atoms with E-state index < -0.39 is 5.66 Å². The van der Waals surface area contributed by atoms with Gasteiger partial charge in [0.25, 0.3) is 0 Å². The fraction of sp³-hybridized carbons (Fsp3) is 0.480. The highest BCUT2D eigenvalue weighted by molar-refractivity contribution is 5.85. The quantitative estimate of drug-likeness (QED) is 0.731. The molecule has 0 unspecified atom stereocenters. The smallest absolute Gasteiger partial charge is 0.317 e. The molecule has 2 aromatic rings. The Kier molecular flexibility index (Phi) is 6.74. The number of nitrogens with zero attached hydrogens (tertiary/aromatic N) is 3. The highest BCUT2D eigenvalue weighted by atomic mass is 16.2. The maximum atomic E-state index is 13.5. The molecule has 170 valence electrons. The van der Waals surface area contributed by atoms with Gasteiger partial charge in [0.2, 0.25) is 5.91 Å². The molecule has 1 atom stereocenters. The number of carbonyl (C=O) groups excluding carboxylic acids is 2. The molecule has 0 radical (unpaired) electrons. The van der Waals surface area contributed by atoms with Gasteiger partial charge in [-0.15, -0.1) is 0 Å². The number of urea groups is 1. The molecular weight excluding hydrogens is 402 g/mol. The van der Waals surface area contributed by atoms with E-state index in [1.165, 1.54) is 0 Å². The fourth-order valence-corrected chi connectivity index (χ4v) is 4.78. The Hall–Kier alpha value is -2.93. The third-order valence-electron chi connectivity index (χ3n) is 6.41. The summed E-state index contributed by atoms with van der Waals surface area (Å²) in [5, 5.41) is 6.67. The van der Waals surface area contributed by atoms with Gasteiger partial charge in [-0.1, -0.05) is 36.4 Å². The number of likely N-dealkylation sites (tertiary alicyclic amines) is 1. The molecule has 2 aliphatic rings. The third kappa shape index (κ3) is 4.93. The van der Waals surface area contributed by atoms with Gasteiger partial charge in [-0.3, -0.25) is 15.1 Å². The molecule has 3 amide bonds. The first-order valence-electron chi connectivity index (χ1n) is 11.6. The minimum Gasteiger partial charge on any atom is -0.336 e. The fourth-order valence-electron chi connectivity index (χ4n) is 4.78. The molecule has 1 spiro atoms. The molecule has 2 saturated heterocycles. The van der Waals surface area contributed by atoms with Crippen molar-refractivity contribution in [3.05, 3.63) is 66.0 Å². The molecular formula is C25H33N5O2. The molecule has 7 nitrogen and oxygen atoms in total. The van der Waals surface area contributed by atoms with Crippen LogP contribution in [-0.4, -0.2) is 64.1 Å². The minimum atomic E-state index is -0.417. The maximum Gasteiger partial charge on any atom is 0.317 e. The van der Waals surface area contributed by atoms with Crippen LogP contribution in [0.2, 0.25) is 0 Å². The van der Waals surface area contributed by atoms with Gasteiger partial charge in [0.15, 0.2) is 0 Å². The summed E-state index contributed by atoms with van der Waals surface area (Å²) in [7, 11) is 0. The lowest BCUT2D eigenvalue weighted by Gasteiger charge is -2.44. The van der Waals surface area contributed by atoms with E-state index in [1.54, 1.807) is 6.20 Å². The first-order valence-corrected chi connectivity index (χ1v) is 11.6. The van der Waals surface area contributed by atoms with Crippen molar-refractivity contribution in [1.29, 1.82) is 0 Å². The SMILES string of the molecule is CC(C)NC(=O)N1CCC2(CC1)N[C@@H](Cc1ccccc1)C(=O)N2CCc1ccccn1. The third-order valence-corrected chi connectivity index (χ3v) is 6.41. The van der Waals surface area contributed by atoms with Crippen LogP contribution < -0.4 is 10.6 Å². The van der Waals surface area contributed by atoms with Gasteiger partial charge in [0.05, 0.1) is 11.7 Å². The first-order chi connectivity index (χ1) is 15.5. The Morgan fingerprint density at radius 3 is 2.53 bits per heavy atom. The van der Waals surface area contributed by atoms with Crippen molar-refractivity contribution in [2.24, 2.45) is 0 Å². The molecule has 1 aromatic heterocycles. The van der Waals surface area contributed by atoms with Crippen molar-refractivity contribution in [2.75, 3.05) is 19.6 Å². The van der Waals surface area contributed by atoms with Gasteiger partial charge in [0.1, 0.15) is 0 Å². The summed E-state index contributed by atoms with van der Waals surface area (Å²) in [5.41, 5.74) is 1.71. The van der Waals surface area contributed by atoms with Crippen LogP contribution >= 0.6 is 0 Å². The number of rotatable bonds is 6. The molecule has 2 aliphatic heterocycles. The minimum absolute atomic E-state index is 0.0277. The molecule has 0 saturated carbocycles. The first kappa shape index (κ1) is 22.3. The van der Waals surface area contributed by atoms with Crippen molar-refractivity contribution in [1.82, 2.24) is 25.4 Å². The summed E-state index contributed by atoms with van der Waals surface area (Å²) in [4.78, 5) is 34.3. The van der Waals surface area contributed by atoms with E-state index in [9.17, 15) is 9.59 Å². The number of hydrogen-bond acceptors (Lipinski definition) is 4. The second-order valence-electron chi connectivity index (χ2n) is 9.07. The number of carbonyl (C=O) groups is 2. The van der Waals surface area contributed by atoms with Crippen LogP contribution in [0.3, 0.4) is 0 Å². The van der Waals surface area contributed by atoms with Crippen LogP contribution in [0.15, 0.2) is 54.7 Å². The summed E-state index contributed by atoms with van der Waals surface area (Å²) < 4.78 is 0. The van der Waals surface area contributed by atoms with E-state index in [0.717, 1.165) is 24.1 Å². The van der Waals surface area contributed by atoms with E-state index in [4.69, 9.17) is 0 Å². The zero-order valence-electron chi connectivity index (χ0n) is 19.0. The number of nitrogens with one attached hydrogen (secondary N) is 2. The highest BCUT2D eigenvalue weighted by Gasteiger charge is 2.51. The van der Waals surface area contributed by atoms with E-state index >= 15 is 0 Å². The van der Waals surface area contributed by atoms with Gasteiger partial charge in [-0.05, 0) is 38.0 Å². The molecule has 2 fully saturated rings. The second kappa shape index (κ2) is 9.69. The lowest BCUT2D eigenvalue weighted by molar-refractivity contribution is -0.133. The Morgan fingerprint density at radius 1 is 1.16 bits per heavy atom. The van der Waals surface area contributed by atoms with E-state index in [-0.39, 0.29) is 24.0 Å². The number of piperidine rings is 1. The Morgan fingerprint density at radius 2 is 1.88 bits per heavy atom. The van der Waals surface area contributed by atoms with Crippen LogP contribution in [0.4, 0.5) is 4.79 Å². The summed E-state index contributed by atoms with van der Waals surface area (Å²) >= 11 is 0. The molecule has 1 aromatic carbocycles. The molecule has 0 bridgehead atoms. The lowest BCUT2D eigenvalue weighted by atomic mass is 9.95. The van der Waals surface area contributed by atoms with Crippen LogP contribution in [-0.2, 0) is 17.6 Å². The van der Waals surface area contributed by atoms with E-state index in [2.05, 4.69) is 27.8 Å². The second-order valence-corrected chi connectivity index (χ2v) is 9.07. The van der Waals surface area contributed by atoms with E-state index in [0.29, 0.717) is 32.5 Å². The number of hydrogen-bond donors (Lipinski definition) is 2. The van der Waals surface area contributed by atoms with Crippen molar-refractivity contribution >= 4 is 11.9 Å². The summed E-state index contributed by atoms with van der Waals surface area (Å²) in [6.07, 6.45) is 4.61. The predicted molar refractivity (Wildman–Crippen MR) is 124 cm³/mol. The molecule has 32 heavy (non-hydrogen) atoms. The zero-order valence-corrected chi connectivity index (χ0v) is 19.0. The lowest BCUT2D eigenvalue weighted by Crippen LogP contribution is -2.61. The summed E-state index contributed by atoms with van der Waals surface area (Å²) in [6.45, 7) is 5.79. The number of amides is 3. The number of pyridine rings is 1. The summed E-state index contributed by atoms with van der Waals surface area (Å²) in [6, 6.07) is 15.9. The molecule has 4 rings (SSSR count). The topological polar surface area (TPSA) is 77.6 Å². The molecule has 3 heterocycles. The largest absolute Gasteiger partial charge is 0.336 e. The van der Waals surface area contributed by atoms with Crippen LogP contribution in [0.1, 0.15) is 37.9 Å². The number of aromatic nitrogens is 1. The Bertz CT molecular complexity index is 910. The molecule has 7 heteroatoms. The van der Waals surface area contributed by atoms with Crippen molar-refractivity contribution in [3.63, 3.8) is 0 Å². The van der Waals surface area contributed by atoms with Crippen LogP contribution in [0.25, 0.3) is 0 Å². The Balaban J connectivity index is 1.49. The van der Waals surface area contributed by atoms with E-state index in [1.807, 2.05) is 60.0 Å². The molecule has 0 aliphatic carbocycles. The monoisotopic (exact) mass is 435 g/mol. The standard InChI is InChI=1S/C25H33N5O2/c1-19(2)27-24(32)29-16-12-25(13-17-29)28-22(18-20-8-4-3-5-9-20)23(31)30(25)15-11-21-10-6-7-14-26-21/h3-10,14,19,22,28H,11-13,15-18H2,1-2H3,(H,27,32)/t22-/m0/s1. The van der Waals surface area contributed by atoms with Crippen molar-refractivity contribution < 1.29 is 9.59 Å². The Labute approximate surface area is 190 Å². The predicted octanol–water partition coefficient (Wildman–Crippen LogP) is 2.58. The zero-order chi connectivity index (χ0) is 22.6. The van der Waals surface area contributed by atoms with Crippen molar-refractivity contribution in [3.8, 4) is 0 Å². The highest BCUT2D eigenvalue weighted by Crippen LogP contribution is 2.33. The average molecular weight is 436 g/mol. The van der Waals surface area contributed by atoms with Gasteiger partial charge in [0, 0.05) is 56.8 Å². The van der Waals surface area contributed by atoms with Gasteiger partial charge >= 0.3 is 6.03 Å². The maximum absolute atomic E-state index is 13.5.